The first-order valence-electron chi connectivity index (χ1n) is 8.49. The van der Waals surface area contributed by atoms with E-state index in [0.717, 1.165) is 6.07 Å². The number of ether oxygens (including phenoxy) is 3. The quantitative estimate of drug-likeness (QED) is 0.823. The first-order chi connectivity index (χ1) is 11.9. The number of fused-ring (bicyclic) bond motifs is 1. The number of hydrogen-bond donors (Lipinski definition) is 1. The molecule has 1 atom stereocenters. The van der Waals surface area contributed by atoms with Gasteiger partial charge in [-0.2, -0.15) is 0 Å². The van der Waals surface area contributed by atoms with E-state index < -0.39 is 29.1 Å². The molecule has 0 saturated heterocycles. The second kappa shape index (κ2) is 7.13. The highest BCUT2D eigenvalue weighted by molar-refractivity contribution is 5.93. The molecule has 0 aromatic heterocycles. The summed E-state index contributed by atoms with van der Waals surface area (Å²) in [5, 5.41) is 2.71. The Morgan fingerprint density at radius 3 is 2.58 bits per heavy atom. The van der Waals surface area contributed by atoms with Gasteiger partial charge in [0.2, 0.25) is 0 Å². The number of carbonyl (C=O) groups excluding carboxylic acids is 2. The molecule has 1 heterocycles. The SMILES string of the molecule is COC(=O)c1cc(F)cc2c1OC(C)(C)CC2CNC(=O)OC(C)(C)C. The highest BCUT2D eigenvalue weighted by Crippen LogP contribution is 2.43. The molecule has 1 amide bonds. The van der Waals surface area contributed by atoms with Crippen LogP contribution in [0.5, 0.6) is 5.75 Å². The minimum absolute atomic E-state index is 0.0394. The number of carbonyl (C=O) groups is 2. The zero-order valence-corrected chi connectivity index (χ0v) is 16.1. The van der Waals surface area contributed by atoms with Crippen LogP contribution in [-0.4, -0.2) is 36.9 Å². The van der Waals surface area contributed by atoms with E-state index in [4.69, 9.17) is 14.2 Å². The van der Waals surface area contributed by atoms with Gasteiger partial charge >= 0.3 is 12.1 Å². The summed E-state index contributed by atoms with van der Waals surface area (Å²) in [6.45, 7) is 9.31. The summed E-state index contributed by atoms with van der Waals surface area (Å²) >= 11 is 0. The largest absolute Gasteiger partial charge is 0.487 e. The van der Waals surface area contributed by atoms with Crippen LogP contribution in [0.3, 0.4) is 0 Å². The molecule has 1 aromatic carbocycles. The molecule has 1 aromatic rings. The highest BCUT2D eigenvalue weighted by Gasteiger charge is 2.37. The molecule has 1 aliphatic rings. The molecule has 144 valence electrons. The number of esters is 1. The summed E-state index contributed by atoms with van der Waals surface area (Å²) in [5.41, 5.74) is -0.632. The summed E-state index contributed by atoms with van der Waals surface area (Å²) in [5.74, 6) is -1.17. The van der Waals surface area contributed by atoms with E-state index in [1.165, 1.54) is 13.2 Å². The van der Waals surface area contributed by atoms with E-state index in [9.17, 15) is 14.0 Å². The molecule has 0 spiro atoms. The predicted octanol–water partition coefficient (Wildman–Crippen LogP) is 3.78. The molecular formula is C19H26FNO5. The van der Waals surface area contributed by atoms with Crippen molar-refractivity contribution in [2.45, 2.75) is 58.2 Å². The van der Waals surface area contributed by atoms with Gasteiger partial charge in [0.15, 0.2) is 0 Å². The van der Waals surface area contributed by atoms with Crippen molar-refractivity contribution in [3.05, 3.63) is 29.1 Å². The van der Waals surface area contributed by atoms with Crippen LogP contribution in [0.25, 0.3) is 0 Å². The summed E-state index contributed by atoms with van der Waals surface area (Å²) in [7, 11) is 1.23. The molecule has 7 heteroatoms. The number of rotatable bonds is 3. The van der Waals surface area contributed by atoms with E-state index in [1.807, 2.05) is 13.8 Å². The maximum absolute atomic E-state index is 14.1. The third-order valence-electron chi connectivity index (χ3n) is 3.94. The third kappa shape index (κ3) is 4.86. The zero-order valence-electron chi connectivity index (χ0n) is 16.1. The topological polar surface area (TPSA) is 73.9 Å². The predicted molar refractivity (Wildman–Crippen MR) is 94.0 cm³/mol. The minimum Gasteiger partial charge on any atom is -0.487 e. The normalized spacial score (nSPS) is 18.3. The molecule has 26 heavy (non-hydrogen) atoms. The molecular weight excluding hydrogens is 341 g/mol. The Hall–Kier alpha value is -2.31. The number of alkyl carbamates (subject to hydrolysis) is 1. The lowest BCUT2D eigenvalue weighted by atomic mass is 9.83. The molecule has 0 radical (unpaired) electrons. The van der Waals surface area contributed by atoms with Crippen LogP contribution in [0.4, 0.5) is 9.18 Å². The second-order valence-electron chi connectivity index (χ2n) is 8.01. The minimum atomic E-state index is -0.669. The number of hydrogen-bond acceptors (Lipinski definition) is 5. The first-order valence-corrected chi connectivity index (χ1v) is 8.49. The van der Waals surface area contributed by atoms with Gasteiger partial charge in [0.05, 0.1) is 7.11 Å². The van der Waals surface area contributed by atoms with Crippen LogP contribution < -0.4 is 10.1 Å². The van der Waals surface area contributed by atoms with Crippen molar-refractivity contribution in [3.8, 4) is 5.75 Å². The summed E-state index contributed by atoms with van der Waals surface area (Å²) in [4.78, 5) is 24.0. The average molecular weight is 367 g/mol. The Kier molecular flexibility index (Phi) is 5.49. The zero-order chi connectivity index (χ0) is 19.7. The third-order valence-corrected chi connectivity index (χ3v) is 3.94. The van der Waals surface area contributed by atoms with E-state index in [1.54, 1.807) is 20.8 Å². The van der Waals surface area contributed by atoms with E-state index in [0.29, 0.717) is 17.7 Å². The van der Waals surface area contributed by atoms with Crippen LogP contribution in [0.1, 0.15) is 62.9 Å². The molecule has 0 saturated carbocycles. The van der Waals surface area contributed by atoms with Gasteiger partial charge in [-0.25, -0.2) is 14.0 Å². The van der Waals surface area contributed by atoms with Crippen LogP contribution in [-0.2, 0) is 9.47 Å². The number of halogens is 1. The standard InChI is InChI=1S/C19H26FNO5/c1-18(2,3)26-17(23)21-10-11-9-19(4,5)25-15-13(11)7-12(20)8-14(15)16(22)24-6/h7-8,11H,9-10H2,1-6H3,(H,21,23). The van der Waals surface area contributed by atoms with Crippen molar-refractivity contribution in [2.24, 2.45) is 0 Å². The molecule has 1 unspecified atom stereocenters. The summed E-state index contributed by atoms with van der Waals surface area (Å²) in [6.07, 6.45) is -0.00667. The first kappa shape index (κ1) is 20.0. The number of amides is 1. The van der Waals surface area contributed by atoms with Gasteiger partial charge in [-0.05, 0) is 53.2 Å². The van der Waals surface area contributed by atoms with Crippen LogP contribution >= 0.6 is 0 Å². The van der Waals surface area contributed by atoms with Gasteiger partial charge in [0.1, 0.15) is 28.3 Å². The maximum Gasteiger partial charge on any atom is 0.407 e. The molecule has 0 fully saturated rings. The molecule has 1 aliphatic heterocycles. The van der Waals surface area contributed by atoms with Gasteiger partial charge in [-0.3, -0.25) is 0 Å². The summed E-state index contributed by atoms with van der Waals surface area (Å²) in [6, 6.07) is 2.43. The molecule has 0 bridgehead atoms. The van der Waals surface area contributed by atoms with E-state index >= 15 is 0 Å². The lowest BCUT2D eigenvalue weighted by Gasteiger charge is -2.38. The van der Waals surface area contributed by atoms with Gasteiger partial charge in [0, 0.05) is 18.0 Å². The lowest BCUT2D eigenvalue weighted by Crippen LogP contribution is -2.41. The lowest BCUT2D eigenvalue weighted by molar-refractivity contribution is 0.0461. The van der Waals surface area contributed by atoms with Crippen LogP contribution in [0.2, 0.25) is 0 Å². The highest BCUT2D eigenvalue weighted by atomic mass is 19.1. The Labute approximate surface area is 153 Å². The Morgan fingerprint density at radius 2 is 2.00 bits per heavy atom. The van der Waals surface area contributed by atoms with Gasteiger partial charge in [0.25, 0.3) is 0 Å². The number of nitrogens with one attached hydrogen (secondary N) is 1. The second-order valence-corrected chi connectivity index (χ2v) is 8.01. The van der Waals surface area contributed by atoms with Crippen molar-refractivity contribution in [1.29, 1.82) is 0 Å². The van der Waals surface area contributed by atoms with Gasteiger partial charge in [-0.15, -0.1) is 0 Å². The van der Waals surface area contributed by atoms with Crippen molar-refractivity contribution >= 4 is 12.1 Å². The fourth-order valence-electron chi connectivity index (χ4n) is 3.02. The molecule has 6 nitrogen and oxygen atoms in total. The number of benzene rings is 1. The monoisotopic (exact) mass is 367 g/mol. The Bertz CT molecular complexity index is 709. The molecule has 2 rings (SSSR count). The van der Waals surface area contributed by atoms with Gasteiger partial charge < -0.3 is 19.5 Å². The molecule has 0 aliphatic carbocycles. The fraction of sp³-hybridized carbons (Fsp3) is 0.579. The molecule has 1 N–H and O–H groups in total. The van der Waals surface area contributed by atoms with E-state index in [2.05, 4.69) is 5.32 Å². The summed E-state index contributed by atoms with van der Waals surface area (Å²) < 4.78 is 30.0. The smallest absolute Gasteiger partial charge is 0.407 e. The van der Waals surface area contributed by atoms with Crippen LogP contribution in [0, 0.1) is 5.82 Å². The van der Waals surface area contributed by atoms with Crippen LogP contribution in [0.15, 0.2) is 12.1 Å². The average Bonchev–Trinajstić information content (AvgIpc) is 2.49. The van der Waals surface area contributed by atoms with Crippen molar-refractivity contribution in [2.75, 3.05) is 13.7 Å². The van der Waals surface area contributed by atoms with Gasteiger partial charge in [-0.1, -0.05) is 0 Å². The van der Waals surface area contributed by atoms with E-state index in [-0.39, 0.29) is 18.0 Å². The van der Waals surface area contributed by atoms with Crippen molar-refractivity contribution in [3.63, 3.8) is 0 Å². The van der Waals surface area contributed by atoms with Crippen molar-refractivity contribution in [1.82, 2.24) is 5.32 Å². The fourth-order valence-corrected chi connectivity index (χ4v) is 3.02. The Morgan fingerprint density at radius 1 is 1.35 bits per heavy atom. The Balaban J connectivity index is 2.31. The van der Waals surface area contributed by atoms with Crippen molar-refractivity contribution < 1.29 is 28.2 Å². The number of methoxy groups -OCH3 is 1. The maximum atomic E-state index is 14.1.